The molecule has 0 spiro atoms. The minimum atomic E-state index is 0.0882. The van der Waals surface area contributed by atoms with Gasteiger partial charge in [0.15, 0.2) is 0 Å². The maximum absolute atomic E-state index is 12.9. The molecule has 1 aromatic heterocycles. The number of nitrogens with one attached hydrogen (secondary N) is 1. The fourth-order valence-electron chi connectivity index (χ4n) is 4.02. The molecular formula is C16H21N3O2. The number of aryl methyl sites for hydroxylation is 2. The predicted octanol–water partition coefficient (Wildman–Crippen LogP) is 1.01. The summed E-state index contributed by atoms with van der Waals surface area (Å²) in [6, 6.07) is 2.36. The number of hydrogen-bond acceptors (Lipinski definition) is 4. The second-order valence-corrected chi connectivity index (χ2v) is 6.28. The first-order valence-corrected chi connectivity index (χ1v) is 7.86. The van der Waals surface area contributed by atoms with Crippen molar-refractivity contribution in [1.82, 2.24) is 15.2 Å². The highest BCUT2D eigenvalue weighted by atomic mass is 16.5. The summed E-state index contributed by atoms with van der Waals surface area (Å²) < 4.78 is 5.39. The quantitative estimate of drug-likeness (QED) is 0.882. The van der Waals surface area contributed by atoms with Gasteiger partial charge in [-0.1, -0.05) is 0 Å². The van der Waals surface area contributed by atoms with E-state index in [1.807, 2.05) is 11.0 Å². The Morgan fingerprint density at radius 1 is 1.43 bits per heavy atom. The highest BCUT2D eigenvalue weighted by Crippen LogP contribution is 2.32. The van der Waals surface area contributed by atoms with Crippen molar-refractivity contribution in [3.63, 3.8) is 0 Å². The first kappa shape index (κ1) is 13.1. The van der Waals surface area contributed by atoms with Gasteiger partial charge in [0.25, 0.3) is 5.91 Å². The summed E-state index contributed by atoms with van der Waals surface area (Å²) in [5, 5.41) is 3.39. The molecule has 3 heterocycles. The van der Waals surface area contributed by atoms with Crippen LogP contribution in [0, 0.1) is 5.92 Å². The van der Waals surface area contributed by atoms with Crippen LogP contribution in [0.3, 0.4) is 0 Å². The van der Waals surface area contributed by atoms with Crippen molar-refractivity contribution in [3.05, 3.63) is 22.9 Å². The molecule has 0 saturated carbocycles. The fraction of sp³-hybridized carbons (Fsp3) is 0.625. The van der Waals surface area contributed by atoms with Gasteiger partial charge in [0, 0.05) is 31.4 Å². The molecule has 4 rings (SSSR count). The van der Waals surface area contributed by atoms with E-state index in [-0.39, 0.29) is 5.91 Å². The minimum absolute atomic E-state index is 0.0882. The van der Waals surface area contributed by atoms with Gasteiger partial charge >= 0.3 is 0 Å². The Balaban J connectivity index is 1.67. The molecule has 2 atom stereocenters. The fourth-order valence-corrected chi connectivity index (χ4v) is 4.02. The zero-order chi connectivity index (χ0) is 14.4. The molecule has 5 heteroatoms. The molecule has 0 aromatic carbocycles. The maximum atomic E-state index is 12.9. The highest BCUT2D eigenvalue weighted by Gasteiger charge is 2.41. The molecule has 0 radical (unpaired) electrons. The number of ether oxygens (including phenoxy) is 1. The number of carbonyl (C=O) groups excluding carboxylic acids is 1. The van der Waals surface area contributed by atoms with E-state index in [1.165, 1.54) is 5.56 Å². The second-order valence-electron chi connectivity index (χ2n) is 6.28. The molecule has 2 aliphatic heterocycles. The molecule has 2 fully saturated rings. The Kier molecular flexibility index (Phi) is 3.10. The van der Waals surface area contributed by atoms with Crippen LogP contribution in [0.15, 0.2) is 6.07 Å². The van der Waals surface area contributed by atoms with Crippen LogP contribution >= 0.6 is 0 Å². The molecule has 0 bridgehead atoms. The number of pyridine rings is 1. The largest absolute Gasteiger partial charge is 0.480 e. The maximum Gasteiger partial charge on any atom is 0.259 e. The zero-order valence-corrected chi connectivity index (χ0v) is 12.4. The summed E-state index contributed by atoms with van der Waals surface area (Å²) in [6.07, 6.45) is 4.25. The molecule has 3 aliphatic rings. The van der Waals surface area contributed by atoms with Gasteiger partial charge < -0.3 is 15.0 Å². The first-order valence-electron chi connectivity index (χ1n) is 7.86. The van der Waals surface area contributed by atoms with Gasteiger partial charge in [-0.2, -0.15) is 0 Å². The van der Waals surface area contributed by atoms with Crippen molar-refractivity contribution in [2.45, 2.75) is 31.7 Å². The number of hydrogen-bond donors (Lipinski definition) is 1. The average molecular weight is 287 g/mol. The van der Waals surface area contributed by atoms with Crippen LogP contribution in [0.1, 0.15) is 34.5 Å². The van der Waals surface area contributed by atoms with Crippen molar-refractivity contribution in [2.24, 2.45) is 5.92 Å². The summed E-state index contributed by atoms with van der Waals surface area (Å²) in [6.45, 7) is 2.81. The number of rotatable bonds is 2. The van der Waals surface area contributed by atoms with E-state index in [1.54, 1.807) is 7.11 Å². The van der Waals surface area contributed by atoms with Crippen molar-refractivity contribution in [3.8, 4) is 5.88 Å². The Bertz CT molecular complexity index is 587. The van der Waals surface area contributed by atoms with Gasteiger partial charge in [0.2, 0.25) is 5.88 Å². The normalized spacial score (nSPS) is 26.8. The number of amides is 1. The van der Waals surface area contributed by atoms with Crippen molar-refractivity contribution >= 4 is 5.91 Å². The van der Waals surface area contributed by atoms with Crippen LogP contribution in [-0.4, -0.2) is 48.6 Å². The third-order valence-electron chi connectivity index (χ3n) is 5.15. The minimum Gasteiger partial charge on any atom is -0.480 e. The topological polar surface area (TPSA) is 54.5 Å². The number of likely N-dealkylation sites (tertiary alicyclic amines) is 1. The summed E-state index contributed by atoms with van der Waals surface area (Å²) in [5.41, 5.74) is 2.97. The van der Waals surface area contributed by atoms with Gasteiger partial charge in [0.05, 0.1) is 7.11 Å². The lowest BCUT2D eigenvalue weighted by Gasteiger charge is -2.24. The molecule has 1 aromatic rings. The molecule has 0 unspecified atom stereocenters. The van der Waals surface area contributed by atoms with Crippen molar-refractivity contribution in [2.75, 3.05) is 26.7 Å². The number of aromatic nitrogens is 1. The predicted molar refractivity (Wildman–Crippen MR) is 78.6 cm³/mol. The average Bonchev–Trinajstić information content (AvgIpc) is 3.20. The van der Waals surface area contributed by atoms with Crippen LogP contribution < -0.4 is 10.1 Å². The van der Waals surface area contributed by atoms with Crippen molar-refractivity contribution < 1.29 is 9.53 Å². The van der Waals surface area contributed by atoms with Crippen molar-refractivity contribution in [1.29, 1.82) is 0 Å². The summed E-state index contributed by atoms with van der Waals surface area (Å²) >= 11 is 0. The number of fused-ring (bicyclic) bond motifs is 2. The van der Waals surface area contributed by atoms with Gasteiger partial charge in [-0.05, 0) is 43.2 Å². The zero-order valence-electron chi connectivity index (χ0n) is 12.4. The van der Waals surface area contributed by atoms with Crippen LogP contribution in [0.4, 0.5) is 0 Å². The lowest BCUT2D eigenvalue weighted by molar-refractivity contribution is 0.0732. The van der Waals surface area contributed by atoms with E-state index < -0.39 is 0 Å². The molecular weight excluding hydrogens is 266 g/mol. The van der Waals surface area contributed by atoms with Gasteiger partial charge in [-0.15, -0.1) is 0 Å². The van der Waals surface area contributed by atoms with Gasteiger partial charge in [0.1, 0.15) is 5.56 Å². The Morgan fingerprint density at radius 3 is 3.19 bits per heavy atom. The number of carbonyl (C=O) groups is 1. The summed E-state index contributed by atoms with van der Waals surface area (Å²) in [7, 11) is 1.60. The smallest absolute Gasteiger partial charge is 0.259 e. The molecule has 1 amide bonds. The lowest BCUT2D eigenvalue weighted by Crippen LogP contribution is -2.39. The van der Waals surface area contributed by atoms with E-state index in [0.717, 1.165) is 51.0 Å². The molecule has 1 N–H and O–H groups in total. The second kappa shape index (κ2) is 4.98. The van der Waals surface area contributed by atoms with Crippen LogP contribution in [0.2, 0.25) is 0 Å². The van der Waals surface area contributed by atoms with E-state index in [0.29, 0.717) is 23.4 Å². The molecule has 1 aliphatic carbocycles. The third-order valence-corrected chi connectivity index (χ3v) is 5.15. The van der Waals surface area contributed by atoms with Crippen LogP contribution in [-0.2, 0) is 12.8 Å². The Hall–Kier alpha value is -1.62. The molecule has 21 heavy (non-hydrogen) atoms. The van der Waals surface area contributed by atoms with E-state index in [2.05, 4.69) is 10.3 Å². The van der Waals surface area contributed by atoms with E-state index in [9.17, 15) is 4.79 Å². The molecule has 2 saturated heterocycles. The number of nitrogens with zero attached hydrogens (tertiary/aromatic N) is 2. The first-order chi connectivity index (χ1) is 10.3. The van der Waals surface area contributed by atoms with Crippen LogP contribution in [0.5, 0.6) is 5.88 Å². The van der Waals surface area contributed by atoms with E-state index in [4.69, 9.17) is 4.74 Å². The third kappa shape index (κ3) is 2.02. The lowest BCUT2D eigenvalue weighted by atomic mass is 10.0. The monoisotopic (exact) mass is 287 g/mol. The summed E-state index contributed by atoms with van der Waals surface area (Å²) in [5.74, 6) is 1.20. The number of methoxy groups -OCH3 is 1. The highest BCUT2D eigenvalue weighted by molar-refractivity contribution is 5.97. The Morgan fingerprint density at radius 2 is 2.33 bits per heavy atom. The molecule has 5 nitrogen and oxygen atoms in total. The van der Waals surface area contributed by atoms with Gasteiger partial charge in [-0.3, -0.25) is 4.79 Å². The SMILES string of the molecule is COc1nc2c(cc1C(=O)N1CC[C@@H]3CNC[C@@H]31)CCC2. The van der Waals surface area contributed by atoms with E-state index >= 15 is 0 Å². The molecule has 112 valence electrons. The standard InChI is InChI=1S/C16H21N3O2/c1-21-15-12(7-10-3-2-4-13(10)18-15)16(20)19-6-5-11-8-17-9-14(11)19/h7,11,14,17H,2-6,8-9H2,1H3/t11-,14+/m1/s1. The summed E-state index contributed by atoms with van der Waals surface area (Å²) in [4.78, 5) is 19.5. The van der Waals surface area contributed by atoms with Crippen LogP contribution in [0.25, 0.3) is 0 Å². The Labute approximate surface area is 124 Å². The van der Waals surface area contributed by atoms with Gasteiger partial charge in [-0.25, -0.2) is 4.98 Å².